The Morgan fingerprint density at radius 3 is 2.56 bits per heavy atom. The molecule has 0 saturated heterocycles. The number of halogens is 1. The summed E-state index contributed by atoms with van der Waals surface area (Å²) in [6, 6.07) is 10.7. The molecule has 0 spiro atoms. The number of alkyl halides is 1. The number of rotatable bonds is 5. The summed E-state index contributed by atoms with van der Waals surface area (Å²) >= 11 is 6.35. The van der Waals surface area contributed by atoms with E-state index in [1.807, 2.05) is 0 Å². The zero-order chi connectivity index (χ0) is 22.0. The average Bonchev–Trinajstić information content (AvgIpc) is 3.43. The lowest BCUT2D eigenvalue weighted by atomic mass is 9.48. The predicted octanol–water partition coefficient (Wildman–Crippen LogP) is 8.52. The lowest BCUT2D eigenvalue weighted by Gasteiger charge is -2.58. The van der Waals surface area contributed by atoms with Gasteiger partial charge in [0.05, 0.1) is 16.4 Å². The summed E-state index contributed by atoms with van der Waals surface area (Å²) in [7, 11) is 0. The normalized spacial score (nSPS) is 44.2. The van der Waals surface area contributed by atoms with Gasteiger partial charge in [-0.3, -0.25) is 0 Å². The molecule has 0 bridgehead atoms. The highest BCUT2D eigenvalue weighted by Crippen LogP contribution is 2.69. The Morgan fingerprint density at radius 1 is 0.969 bits per heavy atom. The van der Waals surface area contributed by atoms with Crippen LogP contribution in [-0.4, -0.2) is 15.0 Å². The van der Waals surface area contributed by atoms with Gasteiger partial charge in [-0.2, -0.15) is 0 Å². The van der Waals surface area contributed by atoms with Crippen molar-refractivity contribution in [2.75, 3.05) is 0 Å². The van der Waals surface area contributed by atoms with Gasteiger partial charge in [-0.1, -0.05) is 71.8 Å². The number of fused-ring (bicyclic) bond motifs is 5. The summed E-state index contributed by atoms with van der Waals surface area (Å²) in [5.74, 6) is 2.76. The number of hydrogen-bond acceptors (Lipinski definition) is 2. The van der Waals surface area contributed by atoms with Crippen LogP contribution < -0.4 is 0 Å². The summed E-state index contributed by atoms with van der Waals surface area (Å²) in [5, 5.41) is 0.871. The van der Waals surface area contributed by atoms with Crippen LogP contribution in [0.3, 0.4) is 0 Å². The van der Waals surface area contributed by atoms with E-state index in [0.717, 1.165) is 29.6 Å². The second kappa shape index (κ2) is 8.16. The molecule has 0 unspecified atom stereocenters. The summed E-state index contributed by atoms with van der Waals surface area (Å²) < 4.78 is 6.84. The number of hydrogen-bond donors (Lipinski definition) is 0. The van der Waals surface area contributed by atoms with Gasteiger partial charge in [0.1, 0.15) is 0 Å². The molecule has 1 aromatic carbocycles. The van der Waals surface area contributed by atoms with Gasteiger partial charge in [-0.25, -0.2) is 0 Å². The van der Waals surface area contributed by atoms with E-state index >= 15 is 0 Å². The molecule has 1 nitrogen and oxygen atoms in total. The van der Waals surface area contributed by atoms with Crippen LogP contribution in [0.15, 0.2) is 42.0 Å². The molecule has 5 aliphatic carbocycles. The summed E-state index contributed by atoms with van der Waals surface area (Å²) in [6.45, 7) is 6.06. The van der Waals surface area contributed by atoms with Gasteiger partial charge in [-0.15, -0.1) is 11.8 Å². The van der Waals surface area contributed by atoms with Crippen molar-refractivity contribution in [3.05, 3.63) is 47.5 Å². The number of allylic oxidation sites excluding steroid dienone is 1. The standard InChI is InChI=1S/C29H39BrOS/c1-27-14-12-22(31-19-20-6-4-3-5-7-20)18-21(27)8-9-23-24-10-11-26(32-29(30)16-17-29)28(24,2)15-13-25(23)27/h3-8,22-26H,9-19H2,1-2H3/t22-,23-,24-,25-,26-,27-,28-/m0/s1. The molecule has 0 radical (unpaired) electrons. The fraction of sp³-hybridized carbons (Fsp3) is 0.724. The highest BCUT2D eigenvalue weighted by molar-refractivity contribution is 9.12. The first-order valence-electron chi connectivity index (χ1n) is 13.1. The first kappa shape index (κ1) is 22.2. The Balaban J connectivity index is 1.15. The van der Waals surface area contributed by atoms with Crippen LogP contribution in [0.2, 0.25) is 0 Å². The van der Waals surface area contributed by atoms with Crippen molar-refractivity contribution in [3.8, 4) is 0 Å². The monoisotopic (exact) mass is 514 g/mol. The molecule has 0 amide bonds. The molecule has 4 fully saturated rings. The zero-order valence-electron chi connectivity index (χ0n) is 19.8. The van der Waals surface area contributed by atoms with E-state index in [2.05, 4.69) is 77.9 Å². The van der Waals surface area contributed by atoms with Crippen LogP contribution >= 0.6 is 27.7 Å². The molecule has 0 heterocycles. The quantitative estimate of drug-likeness (QED) is 0.287. The average molecular weight is 516 g/mol. The maximum atomic E-state index is 6.40. The summed E-state index contributed by atoms with van der Waals surface area (Å²) in [4.78, 5) is 0. The SMILES string of the molecule is C[C@]12CC[C@H]3[C@@H](CC=C4C[C@@H](OCc5ccccc5)CC[C@@]43C)[C@@H]1CC[C@@H]2SC1(Br)CC1. The van der Waals surface area contributed by atoms with Crippen LogP contribution in [0.4, 0.5) is 0 Å². The van der Waals surface area contributed by atoms with Crippen LogP contribution in [0.1, 0.15) is 83.6 Å². The fourth-order valence-electron chi connectivity index (χ4n) is 8.17. The third kappa shape index (κ3) is 3.77. The van der Waals surface area contributed by atoms with Gasteiger partial charge >= 0.3 is 0 Å². The maximum absolute atomic E-state index is 6.40. The maximum Gasteiger partial charge on any atom is 0.0720 e. The Morgan fingerprint density at radius 2 is 1.78 bits per heavy atom. The van der Waals surface area contributed by atoms with Crippen molar-refractivity contribution in [2.45, 2.75) is 99.7 Å². The fourth-order valence-corrected chi connectivity index (χ4v) is 10.7. The number of benzene rings is 1. The van der Waals surface area contributed by atoms with Gasteiger partial charge in [-0.05, 0) is 98.4 Å². The second-order valence-corrected chi connectivity index (χ2v) is 15.7. The largest absolute Gasteiger partial charge is 0.373 e. The molecule has 5 aliphatic rings. The molecule has 0 N–H and O–H groups in total. The van der Waals surface area contributed by atoms with E-state index in [1.165, 1.54) is 69.8 Å². The van der Waals surface area contributed by atoms with E-state index in [-0.39, 0.29) is 0 Å². The van der Waals surface area contributed by atoms with E-state index in [0.29, 0.717) is 20.6 Å². The summed E-state index contributed by atoms with van der Waals surface area (Å²) in [6.07, 6.45) is 16.7. The molecule has 6 rings (SSSR count). The van der Waals surface area contributed by atoms with Gasteiger partial charge < -0.3 is 4.74 Å². The molecule has 4 saturated carbocycles. The minimum absolute atomic E-state index is 0.404. The van der Waals surface area contributed by atoms with Gasteiger partial charge in [0.2, 0.25) is 0 Å². The van der Waals surface area contributed by atoms with Crippen LogP contribution in [0.25, 0.3) is 0 Å². The highest BCUT2D eigenvalue weighted by Gasteiger charge is 2.60. The van der Waals surface area contributed by atoms with Gasteiger partial charge in [0.15, 0.2) is 0 Å². The number of ether oxygens (including phenoxy) is 1. The minimum atomic E-state index is 0.404. The molecule has 3 heteroatoms. The Bertz CT molecular complexity index is 878. The minimum Gasteiger partial charge on any atom is -0.373 e. The zero-order valence-corrected chi connectivity index (χ0v) is 22.2. The molecule has 0 aliphatic heterocycles. The predicted molar refractivity (Wildman–Crippen MR) is 139 cm³/mol. The Labute approximate surface area is 207 Å². The molecule has 0 aromatic heterocycles. The summed E-state index contributed by atoms with van der Waals surface area (Å²) in [5.41, 5.74) is 4.03. The molecule has 174 valence electrons. The third-order valence-electron chi connectivity index (χ3n) is 10.3. The smallest absolute Gasteiger partial charge is 0.0720 e. The van der Waals surface area contributed by atoms with Crippen LogP contribution in [-0.2, 0) is 11.3 Å². The molecule has 32 heavy (non-hydrogen) atoms. The van der Waals surface area contributed by atoms with Crippen molar-refractivity contribution in [1.29, 1.82) is 0 Å². The van der Waals surface area contributed by atoms with Crippen molar-refractivity contribution in [1.82, 2.24) is 0 Å². The lowest BCUT2D eigenvalue weighted by Crippen LogP contribution is -2.51. The topological polar surface area (TPSA) is 9.23 Å². The van der Waals surface area contributed by atoms with Gasteiger partial charge in [0.25, 0.3) is 0 Å². The van der Waals surface area contributed by atoms with E-state index < -0.39 is 0 Å². The van der Waals surface area contributed by atoms with Crippen molar-refractivity contribution < 1.29 is 4.74 Å². The first-order chi connectivity index (χ1) is 15.4. The number of thioether (sulfide) groups is 1. The Kier molecular flexibility index (Phi) is 5.67. The third-order valence-corrected chi connectivity index (χ3v) is 13.5. The molecule has 7 atom stereocenters. The lowest BCUT2D eigenvalue weighted by molar-refractivity contribution is -0.0491. The van der Waals surface area contributed by atoms with Crippen molar-refractivity contribution in [3.63, 3.8) is 0 Å². The van der Waals surface area contributed by atoms with Crippen molar-refractivity contribution in [2.24, 2.45) is 28.6 Å². The van der Waals surface area contributed by atoms with E-state index in [9.17, 15) is 0 Å². The Hall–Kier alpha value is -0.250. The van der Waals surface area contributed by atoms with E-state index in [4.69, 9.17) is 4.74 Å². The molecular weight excluding hydrogens is 476 g/mol. The van der Waals surface area contributed by atoms with Crippen LogP contribution in [0, 0.1) is 28.6 Å². The highest BCUT2D eigenvalue weighted by atomic mass is 79.9. The van der Waals surface area contributed by atoms with E-state index in [1.54, 1.807) is 5.57 Å². The van der Waals surface area contributed by atoms with Gasteiger partial charge in [0, 0.05) is 5.25 Å². The second-order valence-electron chi connectivity index (χ2n) is 12.0. The first-order valence-corrected chi connectivity index (χ1v) is 14.8. The van der Waals surface area contributed by atoms with Crippen molar-refractivity contribution >= 4 is 27.7 Å². The molecule has 1 aromatic rings. The molecular formula is C29H39BrOS. The van der Waals surface area contributed by atoms with Crippen LogP contribution in [0.5, 0.6) is 0 Å².